The predicted molar refractivity (Wildman–Crippen MR) is 116 cm³/mol. The van der Waals surface area contributed by atoms with Gasteiger partial charge in [-0.15, -0.1) is 0 Å². The fourth-order valence-corrected chi connectivity index (χ4v) is 3.83. The molecule has 0 aliphatic carbocycles. The van der Waals surface area contributed by atoms with E-state index >= 15 is 0 Å². The van der Waals surface area contributed by atoms with Crippen molar-refractivity contribution in [3.8, 4) is 17.2 Å². The highest BCUT2D eigenvalue weighted by atomic mass is 16.6. The molecule has 1 amide bonds. The highest BCUT2D eigenvalue weighted by molar-refractivity contribution is 5.84. The van der Waals surface area contributed by atoms with E-state index in [9.17, 15) is 4.79 Å². The molecule has 0 saturated carbocycles. The van der Waals surface area contributed by atoms with E-state index in [1.165, 1.54) is 0 Å². The minimum absolute atomic E-state index is 0.129. The van der Waals surface area contributed by atoms with Crippen molar-refractivity contribution >= 4 is 17.0 Å². The molecule has 1 atom stereocenters. The molecule has 1 aromatic heterocycles. The van der Waals surface area contributed by atoms with Crippen molar-refractivity contribution in [2.75, 3.05) is 13.1 Å². The summed E-state index contributed by atoms with van der Waals surface area (Å²) in [6.45, 7) is 6.97. The van der Waals surface area contributed by atoms with Crippen LogP contribution < -0.4 is 0 Å². The van der Waals surface area contributed by atoms with Crippen molar-refractivity contribution in [2.45, 2.75) is 45.3 Å². The molecule has 30 heavy (non-hydrogen) atoms. The summed E-state index contributed by atoms with van der Waals surface area (Å²) < 4.78 is 7.52. The van der Waals surface area contributed by atoms with Gasteiger partial charge in [0.15, 0.2) is 0 Å². The summed E-state index contributed by atoms with van der Waals surface area (Å²) in [5.74, 6) is 0. The van der Waals surface area contributed by atoms with Crippen LogP contribution in [0, 0.1) is 11.3 Å². The Labute approximate surface area is 176 Å². The van der Waals surface area contributed by atoms with E-state index in [0.29, 0.717) is 18.7 Å². The van der Waals surface area contributed by atoms with Crippen LogP contribution in [0.1, 0.15) is 45.2 Å². The lowest BCUT2D eigenvalue weighted by molar-refractivity contribution is 0.0168. The molecule has 3 aromatic rings. The molecule has 0 radical (unpaired) electrons. The molecule has 1 fully saturated rings. The van der Waals surface area contributed by atoms with Crippen LogP contribution in [-0.2, 0) is 4.74 Å². The second-order valence-electron chi connectivity index (χ2n) is 8.80. The number of carbonyl (C=O) groups excluding carboxylic acids is 1. The van der Waals surface area contributed by atoms with Gasteiger partial charge in [0, 0.05) is 24.7 Å². The van der Waals surface area contributed by atoms with Gasteiger partial charge >= 0.3 is 6.09 Å². The summed E-state index contributed by atoms with van der Waals surface area (Å²) >= 11 is 0. The van der Waals surface area contributed by atoms with Gasteiger partial charge in [0.25, 0.3) is 0 Å². The Bertz CT molecular complexity index is 1120. The third kappa shape index (κ3) is 4.30. The van der Waals surface area contributed by atoms with Gasteiger partial charge in [-0.2, -0.15) is 10.4 Å². The standard InChI is InChI=1S/C24H26N4O2/c1-24(2,3)30-23(29)27-11-5-8-21(16-27)28-15-20-10-9-19(13-22(20)26-28)18-7-4-6-17(12-18)14-25/h4,6-7,9-10,12-13,15,21H,5,8,11,16H2,1-3H3. The van der Waals surface area contributed by atoms with Crippen molar-refractivity contribution in [3.05, 3.63) is 54.2 Å². The lowest BCUT2D eigenvalue weighted by Crippen LogP contribution is -2.43. The number of carbonyl (C=O) groups is 1. The van der Waals surface area contributed by atoms with Gasteiger partial charge in [0.1, 0.15) is 5.60 Å². The van der Waals surface area contributed by atoms with Crippen molar-refractivity contribution < 1.29 is 9.53 Å². The van der Waals surface area contributed by atoms with Crippen LogP contribution >= 0.6 is 0 Å². The normalized spacial score (nSPS) is 17.0. The highest BCUT2D eigenvalue weighted by Gasteiger charge is 2.28. The molecule has 6 heteroatoms. The first-order valence-electron chi connectivity index (χ1n) is 10.3. The largest absolute Gasteiger partial charge is 0.444 e. The van der Waals surface area contributed by atoms with E-state index in [4.69, 9.17) is 15.1 Å². The zero-order valence-electron chi connectivity index (χ0n) is 17.6. The highest BCUT2D eigenvalue weighted by Crippen LogP contribution is 2.28. The number of fused-ring (bicyclic) bond motifs is 1. The average molecular weight is 402 g/mol. The van der Waals surface area contributed by atoms with Crippen LogP contribution in [0.15, 0.2) is 48.7 Å². The number of likely N-dealkylation sites (tertiary alicyclic amines) is 1. The van der Waals surface area contributed by atoms with Crippen LogP contribution in [-0.4, -0.2) is 39.5 Å². The molecule has 154 valence electrons. The molecule has 6 nitrogen and oxygen atoms in total. The number of nitrogens with zero attached hydrogens (tertiary/aromatic N) is 4. The second-order valence-corrected chi connectivity index (χ2v) is 8.80. The number of amides is 1. The van der Waals surface area contributed by atoms with E-state index in [0.717, 1.165) is 34.9 Å². The minimum Gasteiger partial charge on any atom is -0.444 e. The quantitative estimate of drug-likeness (QED) is 0.594. The molecule has 0 spiro atoms. The molecule has 1 saturated heterocycles. The lowest BCUT2D eigenvalue weighted by atomic mass is 10.0. The number of aromatic nitrogens is 2. The molecule has 1 aliphatic heterocycles. The first kappa shape index (κ1) is 20.0. The van der Waals surface area contributed by atoms with Crippen molar-refractivity contribution in [1.29, 1.82) is 5.26 Å². The SMILES string of the molecule is CC(C)(C)OC(=O)N1CCCC(n2cc3ccc(-c4cccc(C#N)c4)cc3n2)C1. The van der Waals surface area contributed by atoms with Gasteiger partial charge in [-0.25, -0.2) is 4.79 Å². The summed E-state index contributed by atoms with van der Waals surface area (Å²) in [6, 6.07) is 16.1. The van der Waals surface area contributed by atoms with Gasteiger partial charge in [0.05, 0.1) is 23.2 Å². The number of nitriles is 1. The minimum atomic E-state index is -0.496. The summed E-state index contributed by atoms with van der Waals surface area (Å²) in [5.41, 5.74) is 3.08. The molecular weight excluding hydrogens is 376 g/mol. The Balaban J connectivity index is 1.56. The van der Waals surface area contributed by atoms with Crippen molar-refractivity contribution in [2.24, 2.45) is 0 Å². The third-order valence-electron chi connectivity index (χ3n) is 5.27. The molecule has 2 aromatic carbocycles. The first-order valence-corrected chi connectivity index (χ1v) is 10.3. The molecule has 0 bridgehead atoms. The fourth-order valence-electron chi connectivity index (χ4n) is 3.83. The Morgan fingerprint density at radius 3 is 2.77 bits per heavy atom. The number of hydrogen-bond donors (Lipinski definition) is 0. The van der Waals surface area contributed by atoms with E-state index in [1.54, 1.807) is 11.0 Å². The number of hydrogen-bond acceptors (Lipinski definition) is 4. The average Bonchev–Trinajstić information content (AvgIpc) is 3.16. The fraction of sp³-hybridized carbons (Fsp3) is 0.375. The summed E-state index contributed by atoms with van der Waals surface area (Å²) in [6.07, 6.45) is 3.69. The monoisotopic (exact) mass is 402 g/mol. The summed E-state index contributed by atoms with van der Waals surface area (Å²) in [4.78, 5) is 14.3. The molecule has 0 N–H and O–H groups in total. The Morgan fingerprint density at radius 1 is 1.20 bits per heavy atom. The Hall–Kier alpha value is -3.33. The van der Waals surface area contributed by atoms with Gasteiger partial charge in [-0.3, -0.25) is 4.68 Å². The van der Waals surface area contributed by atoms with E-state index in [1.807, 2.05) is 49.8 Å². The molecular formula is C24H26N4O2. The zero-order chi connectivity index (χ0) is 21.3. The van der Waals surface area contributed by atoms with Crippen molar-refractivity contribution in [1.82, 2.24) is 14.7 Å². The maximum Gasteiger partial charge on any atom is 0.410 e. The van der Waals surface area contributed by atoms with Crippen molar-refractivity contribution in [3.63, 3.8) is 0 Å². The number of piperidine rings is 1. The molecule has 1 aliphatic rings. The van der Waals surface area contributed by atoms with Gasteiger partial charge in [0.2, 0.25) is 0 Å². The molecule has 4 rings (SSSR count). The van der Waals surface area contributed by atoms with Gasteiger partial charge < -0.3 is 9.64 Å². The number of benzene rings is 2. The predicted octanol–water partition coefficient (Wildman–Crippen LogP) is 5.15. The van der Waals surface area contributed by atoms with Crippen LogP contribution in [0.3, 0.4) is 0 Å². The van der Waals surface area contributed by atoms with Gasteiger partial charge in [-0.1, -0.05) is 24.3 Å². The Kier molecular flexibility index (Phi) is 5.21. The lowest BCUT2D eigenvalue weighted by Gasteiger charge is -2.34. The zero-order valence-corrected chi connectivity index (χ0v) is 17.6. The van der Waals surface area contributed by atoms with Crippen LogP contribution in [0.5, 0.6) is 0 Å². The smallest absolute Gasteiger partial charge is 0.410 e. The Morgan fingerprint density at radius 2 is 2.00 bits per heavy atom. The topological polar surface area (TPSA) is 71.2 Å². The van der Waals surface area contributed by atoms with Crippen LogP contribution in [0.25, 0.3) is 22.0 Å². The van der Waals surface area contributed by atoms with Crippen LogP contribution in [0.4, 0.5) is 4.79 Å². The first-order chi connectivity index (χ1) is 14.3. The number of ether oxygens (including phenoxy) is 1. The molecule has 1 unspecified atom stereocenters. The van der Waals surface area contributed by atoms with E-state index in [2.05, 4.69) is 24.3 Å². The molecule has 2 heterocycles. The van der Waals surface area contributed by atoms with Crippen LogP contribution in [0.2, 0.25) is 0 Å². The third-order valence-corrected chi connectivity index (χ3v) is 5.27. The maximum absolute atomic E-state index is 12.5. The number of rotatable bonds is 2. The second kappa shape index (κ2) is 7.83. The summed E-state index contributed by atoms with van der Waals surface area (Å²) in [7, 11) is 0. The van der Waals surface area contributed by atoms with E-state index < -0.39 is 5.60 Å². The van der Waals surface area contributed by atoms with Gasteiger partial charge in [-0.05, 0) is 62.9 Å². The summed E-state index contributed by atoms with van der Waals surface area (Å²) in [5, 5.41) is 15.0. The maximum atomic E-state index is 12.5. The van der Waals surface area contributed by atoms with E-state index in [-0.39, 0.29) is 12.1 Å².